The number of unbranched alkanes of at least 4 members (excludes halogenated alkanes) is 3. The molecule has 0 aliphatic heterocycles. The van der Waals surface area contributed by atoms with Crippen molar-refractivity contribution in [3.05, 3.63) is 58.2 Å². The highest BCUT2D eigenvalue weighted by Crippen LogP contribution is 2.62. The molecule has 0 amide bonds. The van der Waals surface area contributed by atoms with Crippen LogP contribution in [0.3, 0.4) is 0 Å². The maximum atomic E-state index is 4.66. The third-order valence-electron chi connectivity index (χ3n) is 9.96. The van der Waals surface area contributed by atoms with E-state index in [1.807, 2.05) is 0 Å². The zero-order valence-corrected chi connectivity index (χ0v) is 21.2. The van der Waals surface area contributed by atoms with Crippen LogP contribution in [0.4, 0.5) is 0 Å². The second-order valence-corrected chi connectivity index (χ2v) is 12.4. The molecular formula is C32H36N2. The lowest BCUT2D eigenvalue weighted by molar-refractivity contribution is 0.0182. The zero-order valence-electron chi connectivity index (χ0n) is 21.2. The summed E-state index contributed by atoms with van der Waals surface area (Å²) >= 11 is 0. The maximum Gasteiger partial charge on any atom is 0.113 e. The Bertz CT molecular complexity index is 1160. The van der Waals surface area contributed by atoms with E-state index in [0.717, 1.165) is 48.9 Å². The first kappa shape index (κ1) is 21.9. The molecule has 8 rings (SSSR count). The van der Waals surface area contributed by atoms with E-state index in [0.29, 0.717) is 22.7 Å². The van der Waals surface area contributed by atoms with Gasteiger partial charge in [0.1, 0.15) is 11.4 Å². The monoisotopic (exact) mass is 448 g/mol. The van der Waals surface area contributed by atoms with E-state index in [-0.39, 0.29) is 0 Å². The third-order valence-corrected chi connectivity index (χ3v) is 9.96. The first-order valence-corrected chi connectivity index (χ1v) is 13.3. The number of hydrogen-bond acceptors (Lipinski definition) is 2. The molecule has 0 radical (unpaired) electrons. The molecule has 2 saturated carbocycles. The van der Waals surface area contributed by atoms with Gasteiger partial charge in [-0.2, -0.15) is 0 Å². The van der Waals surface area contributed by atoms with E-state index in [1.54, 1.807) is 0 Å². The molecule has 0 spiro atoms. The predicted molar refractivity (Wildman–Crippen MR) is 137 cm³/mol. The number of aromatic nitrogens is 2. The molecule has 2 heteroatoms. The highest BCUT2D eigenvalue weighted by atomic mass is 14.7. The van der Waals surface area contributed by atoms with Gasteiger partial charge in [-0.15, -0.1) is 0 Å². The minimum atomic E-state index is 0.457. The van der Waals surface area contributed by atoms with Crippen molar-refractivity contribution >= 4 is 0 Å². The molecule has 2 heterocycles. The normalized spacial score (nSPS) is 28.0. The van der Waals surface area contributed by atoms with Gasteiger partial charge in [-0.1, -0.05) is 39.5 Å². The summed E-state index contributed by atoms with van der Waals surface area (Å²) in [5, 5.41) is 0. The Morgan fingerprint density at radius 1 is 0.735 bits per heavy atom. The topological polar surface area (TPSA) is 25.8 Å². The van der Waals surface area contributed by atoms with Crippen LogP contribution in [0.5, 0.6) is 0 Å². The predicted octanol–water partition coefficient (Wildman–Crippen LogP) is 6.81. The van der Waals surface area contributed by atoms with E-state index >= 15 is 0 Å². The Morgan fingerprint density at radius 3 is 1.59 bits per heavy atom. The first-order valence-electron chi connectivity index (χ1n) is 13.3. The van der Waals surface area contributed by atoms with Gasteiger partial charge in [-0.3, -0.25) is 0 Å². The van der Waals surface area contributed by atoms with Crippen molar-refractivity contribution in [1.82, 2.24) is 9.97 Å². The minimum Gasteiger partial charge on any atom is -0.247 e. The smallest absolute Gasteiger partial charge is 0.113 e. The van der Waals surface area contributed by atoms with Gasteiger partial charge in [0.05, 0.1) is 0 Å². The summed E-state index contributed by atoms with van der Waals surface area (Å²) in [4.78, 5) is 9.31. The Labute approximate surface area is 205 Å². The van der Waals surface area contributed by atoms with Crippen LogP contribution in [-0.4, -0.2) is 9.97 Å². The summed E-state index contributed by atoms with van der Waals surface area (Å²) in [5.74, 6) is 16.3. The van der Waals surface area contributed by atoms with Crippen LogP contribution in [-0.2, 0) is 12.8 Å². The van der Waals surface area contributed by atoms with Crippen LogP contribution >= 0.6 is 0 Å². The van der Waals surface area contributed by atoms with Crippen molar-refractivity contribution in [2.75, 3.05) is 0 Å². The first-order chi connectivity index (χ1) is 16.3. The quantitative estimate of drug-likeness (QED) is 0.381. The molecule has 34 heavy (non-hydrogen) atoms. The number of pyridine rings is 2. The fourth-order valence-electron chi connectivity index (χ4n) is 7.18. The van der Waals surface area contributed by atoms with Gasteiger partial charge in [0.25, 0.3) is 0 Å². The highest BCUT2D eigenvalue weighted by Gasteiger charge is 2.53. The van der Waals surface area contributed by atoms with Gasteiger partial charge in [0, 0.05) is 25.2 Å². The summed E-state index contributed by atoms with van der Waals surface area (Å²) < 4.78 is 0. The largest absolute Gasteiger partial charge is 0.247 e. The van der Waals surface area contributed by atoms with Crippen LogP contribution in [0.25, 0.3) is 0 Å². The Hall–Kier alpha value is -2.58. The standard InChI is InChI=1S/C32H36N2/c1-31(2)23-13-21-15-25(33-19-27(21)29(31)17-23)11-9-7-5-6-8-10-12-26-16-22-14-24-18-30(32(24,3)4)28(22)20-34-26/h15-16,19-20,23-24,29-30H,5-8,13-14,17-18H2,1-4H3/t23-,24-,29-,30-/m0/s1. The molecule has 0 aromatic carbocycles. The minimum absolute atomic E-state index is 0.457. The molecule has 2 aromatic heterocycles. The third kappa shape index (κ3) is 3.50. The molecule has 4 atom stereocenters. The lowest BCUT2D eigenvalue weighted by atomic mass is 9.48. The van der Waals surface area contributed by atoms with Crippen molar-refractivity contribution in [3.63, 3.8) is 0 Å². The lowest BCUT2D eigenvalue weighted by Crippen LogP contribution is -2.48. The van der Waals surface area contributed by atoms with Crippen LogP contribution < -0.4 is 0 Å². The molecule has 2 nitrogen and oxygen atoms in total. The van der Waals surface area contributed by atoms with Crippen molar-refractivity contribution in [2.45, 2.75) is 90.9 Å². The van der Waals surface area contributed by atoms with E-state index in [4.69, 9.17) is 0 Å². The average molecular weight is 449 g/mol. The van der Waals surface area contributed by atoms with Crippen LogP contribution in [0.1, 0.15) is 112 Å². The van der Waals surface area contributed by atoms with Gasteiger partial charge in [0.15, 0.2) is 0 Å². The molecule has 0 unspecified atom stereocenters. The summed E-state index contributed by atoms with van der Waals surface area (Å²) in [7, 11) is 0. The van der Waals surface area contributed by atoms with Crippen LogP contribution in [0.15, 0.2) is 24.5 Å². The van der Waals surface area contributed by atoms with Gasteiger partial charge < -0.3 is 0 Å². The number of rotatable bonds is 3. The summed E-state index contributed by atoms with van der Waals surface area (Å²) in [6.45, 7) is 9.66. The second-order valence-electron chi connectivity index (χ2n) is 12.4. The van der Waals surface area contributed by atoms with Gasteiger partial charge in [-0.25, -0.2) is 9.97 Å². The van der Waals surface area contributed by atoms with Gasteiger partial charge in [0.2, 0.25) is 0 Å². The van der Waals surface area contributed by atoms with Crippen molar-refractivity contribution in [1.29, 1.82) is 0 Å². The van der Waals surface area contributed by atoms with Gasteiger partial charge in [-0.05, 0) is 119 Å². The van der Waals surface area contributed by atoms with Crippen molar-refractivity contribution in [2.24, 2.45) is 22.7 Å². The molecule has 4 bridgehead atoms. The molecule has 0 N–H and O–H groups in total. The molecular weight excluding hydrogens is 412 g/mol. The Balaban J connectivity index is 0.976. The molecule has 0 saturated heterocycles. The molecule has 6 aliphatic carbocycles. The highest BCUT2D eigenvalue weighted by molar-refractivity contribution is 5.43. The average Bonchev–Trinajstić information content (AvgIpc) is 2.84. The van der Waals surface area contributed by atoms with E-state index in [9.17, 15) is 0 Å². The Kier molecular flexibility index (Phi) is 5.15. The summed E-state index contributed by atoms with van der Waals surface area (Å²) in [6.07, 6.45) is 13.3. The maximum absolute atomic E-state index is 4.66. The molecule has 2 fully saturated rings. The van der Waals surface area contributed by atoms with Crippen molar-refractivity contribution in [3.8, 4) is 23.7 Å². The zero-order chi connectivity index (χ0) is 23.5. The Morgan fingerprint density at radius 2 is 1.18 bits per heavy atom. The summed E-state index contributed by atoms with van der Waals surface area (Å²) in [5.41, 5.74) is 8.74. The second kappa shape index (κ2) is 7.99. The molecule has 2 aromatic rings. The number of nitrogens with zero attached hydrogens (tertiary/aromatic N) is 2. The van der Waals surface area contributed by atoms with E-state index < -0.39 is 0 Å². The molecule has 174 valence electrons. The number of hydrogen-bond donors (Lipinski definition) is 0. The van der Waals surface area contributed by atoms with Crippen molar-refractivity contribution < 1.29 is 0 Å². The lowest BCUT2D eigenvalue weighted by Gasteiger charge is -2.57. The van der Waals surface area contributed by atoms with Crippen LogP contribution in [0.2, 0.25) is 0 Å². The van der Waals surface area contributed by atoms with E-state index in [2.05, 4.69) is 85.9 Å². The van der Waals surface area contributed by atoms with Crippen LogP contribution in [0, 0.1) is 46.3 Å². The molecule has 6 aliphatic rings. The SMILES string of the molecule is CC1(C)[C@H]2Cc3cc(C#CCCCCC#Cc4cc5c(cn4)[C@@H]4C[C@H](C5)C4(C)C)ncc3[C@@H]1C2. The fraction of sp³-hybridized carbons (Fsp3) is 0.562. The van der Waals surface area contributed by atoms with Gasteiger partial charge >= 0.3 is 0 Å². The van der Waals surface area contributed by atoms with E-state index in [1.165, 1.54) is 47.9 Å². The summed E-state index contributed by atoms with van der Waals surface area (Å²) in [6, 6.07) is 4.50. The fourth-order valence-corrected chi connectivity index (χ4v) is 7.18.